The molecule has 13 nitrogen and oxygen atoms in total. The highest BCUT2D eigenvalue weighted by atomic mass is 19.4. The molecule has 0 aliphatic rings. The van der Waals surface area contributed by atoms with Gasteiger partial charge in [0.05, 0.1) is 11.1 Å². The van der Waals surface area contributed by atoms with Crippen LogP contribution >= 0.6 is 0 Å². The Morgan fingerprint density at radius 3 is 1.64 bits per heavy atom. The molecule has 5 N–H and O–H groups in total. The SMILES string of the molecule is CCc1cc(C(=O)O)cc(-c2noc(C)n2)c1.CCc1cc(C(=O)O)cc(/C(N)=N/O)c1.O=C(OC(=O)C(F)(F)F)C(F)(F)F. The van der Waals surface area contributed by atoms with Crippen molar-refractivity contribution in [3.05, 3.63) is 70.1 Å². The summed E-state index contributed by atoms with van der Waals surface area (Å²) in [6, 6.07) is 9.70. The van der Waals surface area contributed by atoms with E-state index in [9.17, 15) is 45.5 Å². The molecule has 1 aromatic heterocycles. The molecular formula is C26H24F6N4O9. The van der Waals surface area contributed by atoms with E-state index in [4.69, 9.17) is 25.7 Å². The van der Waals surface area contributed by atoms with Crippen LogP contribution in [0.1, 0.15) is 57.1 Å². The molecule has 0 bridgehead atoms. The Bertz CT molecular complexity index is 1540. The largest absolute Gasteiger partial charge is 0.491 e. The molecule has 0 aliphatic heterocycles. The maximum Gasteiger partial charge on any atom is 0.491 e. The first-order chi connectivity index (χ1) is 20.7. The summed E-state index contributed by atoms with van der Waals surface area (Å²) >= 11 is 0. The number of esters is 2. The van der Waals surface area contributed by atoms with Crippen molar-refractivity contribution in [2.75, 3.05) is 0 Å². The van der Waals surface area contributed by atoms with E-state index in [1.54, 1.807) is 31.2 Å². The molecule has 0 amide bonds. The molecule has 0 saturated carbocycles. The lowest BCUT2D eigenvalue weighted by Crippen LogP contribution is -2.34. The minimum Gasteiger partial charge on any atom is -0.478 e. The number of carboxylic acids is 2. The van der Waals surface area contributed by atoms with Gasteiger partial charge in [-0.15, -0.1) is 0 Å². The summed E-state index contributed by atoms with van der Waals surface area (Å²) < 4.78 is 74.6. The van der Waals surface area contributed by atoms with Crippen LogP contribution in [0, 0.1) is 6.92 Å². The van der Waals surface area contributed by atoms with Gasteiger partial charge in [0.15, 0.2) is 5.84 Å². The summed E-state index contributed by atoms with van der Waals surface area (Å²) in [6.07, 6.45) is -9.81. The van der Waals surface area contributed by atoms with Gasteiger partial charge in [-0.2, -0.15) is 31.3 Å². The van der Waals surface area contributed by atoms with Crippen molar-refractivity contribution in [3.63, 3.8) is 0 Å². The number of amidine groups is 1. The fourth-order valence-electron chi connectivity index (χ4n) is 2.99. The van der Waals surface area contributed by atoms with Crippen LogP contribution in [0.3, 0.4) is 0 Å². The molecule has 2 aromatic carbocycles. The molecule has 3 aromatic rings. The number of carbonyl (C=O) groups is 4. The van der Waals surface area contributed by atoms with E-state index >= 15 is 0 Å². The maximum absolute atomic E-state index is 11.2. The smallest absolute Gasteiger partial charge is 0.478 e. The van der Waals surface area contributed by atoms with Crippen LogP contribution in [0.2, 0.25) is 0 Å². The number of benzene rings is 2. The number of nitrogens with zero attached hydrogens (tertiary/aromatic N) is 3. The number of alkyl halides is 6. The third-order valence-corrected chi connectivity index (χ3v) is 5.13. The summed E-state index contributed by atoms with van der Waals surface area (Å²) in [5.74, 6) is -7.60. The molecule has 1 heterocycles. The van der Waals surface area contributed by atoms with Crippen LogP contribution < -0.4 is 5.73 Å². The molecule has 0 fully saturated rings. The van der Waals surface area contributed by atoms with Crippen LogP contribution in [-0.2, 0) is 27.2 Å². The average Bonchev–Trinajstić information content (AvgIpc) is 3.41. The fraction of sp³-hybridized carbons (Fsp3) is 0.269. The summed E-state index contributed by atoms with van der Waals surface area (Å²) in [7, 11) is 0. The van der Waals surface area contributed by atoms with Crippen molar-refractivity contribution >= 4 is 29.7 Å². The Labute approximate surface area is 248 Å². The molecule has 19 heteroatoms. The Balaban J connectivity index is 0.000000342. The van der Waals surface area contributed by atoms with Gasteiger partial charge in [0, 0.05) is 18.1 Å². The highest BCUT2D eigenvalue weighted by molar-refractivity contribution is 5.99. The van der Waals surface area contributed by atoms with E-state index < -0.39 is 36.2 Å². The third kappa shape index (κ3) is 12.0. The Morgan fingerprint density at radius 2 is 1.27 bits per heavy atom. The number of ether oxygens (including phenoxy) is 1. The van der Waals surface area contributed by atoms with Gasteiger partial charge < -0.3 is 30.4 Å². The lowest BCUT2D eigenvalue weighted by molar-refractivity contribution is -0.221. The zero-order valence-electron chi connectivity index (χ0n) is 23.4. The number of nitrogens with two attached hydrogens (primary N) is 1. The summed E-state index contributed by atoms with van der Waals surface area (Å²) in [5.41, 5.74) is 8.61. The normalized spacial score (nSPS) is 11.4. The number of carbonyl (C=O) groups excluding carboxylic acids is 2. The van der Waals surface area contributed by atoms with Crippen molar-refractivity contribution in [1.29, 1.82) is 0 Å². The standard InChI is InChI=1S/C12H12N2O3.C10H12N2O3.C4F6O3/c1-3-8-4-9(6-10(5-8)12(15)16)11-13-7(2)17-14-11;1-2-6-3-7(9(11)12-15)5-8(4-6)10(13)14;5-3(6,7)1(11)13-2(12)4(8,9)10/h4-6H,3H2,1-2H3,(H,15,16);3-5,15H,2H2,1H3,(H2,11,12)(H,13,14);. The fourth-order valence-corrected chi connectivity index (χ4v) is 2.99. The number of aryl methyl sites for hydroxylation is 3. The quantitative estimate of drug-likeness (QED) is 0.0551. The van der Waals surface area contributed by atoms with Gasteiger partial charge in [-0.25, -0.2) is 19.2 Å². The molecule has 0 saturated heterocycles. The molecule has 0 unspecified atom stereocenters. The molecule has 0 spiro atoms. The maximum atomic E-state index is 11.2. The Morgan fingerprint density at radius 1 is 0.822 bits per heavy atom. The average molecular weight is 650 g/mol. The second kappa shape index (κ2) is 15.8. The Hall–Kier alpha value is -5.49. The van der Waals surface area contributed by atoms with Crippen molar-refractivity contribution in [2.45, 2.75) is 46.0 Å². The topological polar surface area (TPSA) is 215 Å². The Kier molecular flexibility index (Phi) is 13.2. The zero-order chi connectivity index (χ0) is 34.7. The van der Waals surface area contributed by atoms with E-state index in [2.05, 4.69) is 20.0 Å². The minimum absolute atomic E-state index is 0.0900. The first-order valence-corrected chi connectivity index (χ1v) is 12.2. The number of hydrogen-bond donors (Lipinski definition) is 4. The van der Waals surface area contributed by atoms with Gasteiger partial charge in [0.25, 0.3) is 0 Å². The van der Waals surface area contributed by atoms with E-state index in [0.29, 0.717) is 29.3 Å². The van der Waals surface area contributed by atoms with Gasteiger partial charge in [-0.3, -0.25) is 0 Å². The molecular weight excluding hydrogens is 626 g/mol. The van der Waals surface area contributed by atoms with Gasteiger partial charge in [-0.05, 0) is 60.4 Å². The lowest BCUT2D eigenvalue weighted by atomic mass is 10.0. The van der Waals surface area contributed by atoms with Crippen LogP contribution in [-0.4, -0.2) is 67.6 Å². The summed E-state index contributed by atoms with van der Waals surface area (Å²) in [6.45, 7) is 5.56. The van der Waals surface area contributed by atoms with E-state index in [1.807, 2.05) is 19.9 Å². The number of aromatic carboxylic acids is 2. The molecule has 0 atom stereocenters. The molecule has 0 radical (unpaired) electrons. The minimum atomic E-state index is -5.62. The number of oxime groups is 1. The number of aromatic nitrogens is 2. The lowest BCUT2D eigenvalue weighted by Gasteiger charge is -2.06. The second-order valence-corrected chi connectivity index (χ2v) is 8.45. The van der Waals surface area contributed by atoms with Crippen molar-refractivity contribution in [1.82, 2.24) is 10.1 Å². The monoisotopic (exact) mass is 650 g/mol. The van der Waals surface area contributed by atoms with Crippen molar-refractivity contribution in [2.24, 2.45) is 10.9 Å². The van der Waals surface area contributed by atoms with Gasteiger partial charge in [0.2, 0.25) is 11.7 Å². The number of rotatable bonds is 6. The van der Waals surface area contributed by atoms with Crippen molar-refractivity contribution < 1.29 is 70.2 Å². The molecule has 3 rings (SSSR count). The van der Waals surface area contributed by atoms with Crippen LogP contribution in [0.4, 0.5) is 26.3 Å². The van der Waals surface area contributed by atoms with Crippen LogP contribution in [0.5, 0.6) is 0 Å². The van der Waals surface area contributed by atoms with E-state index in [0.717, 1.165) is 17.5 Å². The summed E-state index contributed by atoms with van der Waals surface area (Å²) in [4.78, 5) is 45.2. The predicted octanol–water partition coefficient (Wildman–Crippen LogP) is 4.53. The molecule has 244 valence electrons. The van der Waals surface area contributed by atoms with Crippen molar-refractivity contribution in [3.8, 4) is 11.4 Å². The number of hydrogen-bond acceptors (Lipinski definition) is 10. The summed E-state index contributed by atoms with van der Waals surface area (Å²) in [5, 5.41) is 33.0. The van der Waals surface area contributed by atoms with Gasteiger partial charge in [-0.1, -0.05) is 24.2 Å². The highest BCUT2D eigenvalue weighted by Crippen LogP contribution is 2.22. The predicted molar refractivity (Wildman–Crippen MR) is 139 cm³/mol. The number of halogens is 6. The van der Waals surface area contributed by atoms with E-state index in [1.165, 1.54) is 6.07 Å². The first kappa shape index (κ1) is 37.5. The van der Waals surface area contributed by atoms with Gasteiger partial charge in [0.1, 0.15) is 0 Å². The second-order valence-electron chi connectivity index (χ2n) is 8.45. The van der Waals surface area contributed by atoms with Crippen LogP contribution in [0.25, 0.3) is 11.4 Å². The first-order valence-electron chi connectivity index (χ1n) is 12.2. The highest BCUT2D eigenvalue weighted by Gasteiger charge is 2.49. The number of carboxylic acid groups (broad SMARTS) is 2. The van der Waals surface area contributed by atoms with E-state index in [-0.39, 0.29) is 17.0 Å². The van der Waals surface area contributed by atoms with Crippen LogP contribution in [0.15, 0.2) is 46.1 Å². The van der Waals surface area contributed by atoms with Gasteiger partial charge >= 0.3 is 36.2 Å². The molecule has 0 aliphatic carbocycles. The molecule has 45 heavy (non-hydrogen) atoms. The third-order valence-electron chi connectivity index (χ3n) is 5.13. The zero-order valence-corrected chi connectivity index (χ0v) is 23.4.